The van der Waals surface area contributed by atoms with E-state index in [-0.39, 0.29) is 0 Å². The summed E-state index contributed by atoms with van der Waals surface area (Å²) >= 11 is 0. The highest BCUT2D eigenvalue weighted by atomic mass is 16.3. The van der Waals surface area contributed by atoms with Crippen molar-refractivity contribution in [2.75, 3.05) is 0 Å². The normalized spacial score (nSPS) is 12.5. The Morgan fingerprint density at radius 1 is 0.800 bits per heavy atom. The molecule has 0 bridgehead atoms. The molecule has 0 aliphatic heterocycles. The third-order valence-corrected chi connectivity index (χ3v) is 4.16. The molecule has 2 aromatic rings. The quantitative estimate of drug-likeness (QED) is 0.868. The predicted molar refractivity (Wildman–Crippen MR) is 85.2 cm³/mol. The third-order valence-electron chi connectivity index (χ3n) is 4.16. The smallest absolute Gasteiger partial charge is 0.0833 e. The highest BCUT2D eigenvalue weighted by Gasteiger charge is 2.14. The number of aryl methyl sites for hydroxylation is 5. The van der Waals surface area contributed by atoms with E-state index < -0.39 is 6.10 Å². The molecular formula is C19H24O. The van der Waals surface area contributed by atoms with Crippen LogP contribution in [0, 0.1) is 34.6 Å². The van der Waals surface area contributed by atoms with Gasteiger partial charge >= 0.3 is 0 Å². The van der Waals surface area contributed by atoms with Gasteiger partial charge in [-0.1, -0.05) is 35.9 Å². The molecule has 0 saturated carbocycles. The van der Waals surface area contributed by atoms with E-state index in [0.29, 0.717) is 6.42 Å². The molecule has 0 heterocycles. The van der Waals surface area contributed by atoms with Crippen LogP contribution in [0.2, 0.25) is 0 Å². The first kappa shape index (κ1) is 14.8. The molecule has 2 aromatic carbocycles. The molecule has 0 aliphatic carbocycles. The molecule has 0 amide bonds. The van der Waals surface area contributed by atoms with Crippen LogP contribution < -0.4 is 0 Å². The van der Waals surface area contributed by atoms with Gasteiger partial charge in [-0.2, -0.15) is 0 Å². The minimum atomic E-state index is -0.435. The number of aliphatic hydroxyl groups excluding tert-OH is 1. The Labute approximate surface area is 122 Å². The molecule has 2 rings (SSSR count). The van der Waals surface area contributed by atoms with Gasteiger partial charge in [-0.15, -0.1) is 0 Å². The maximum atomic E-state index is 10.6. The van der Waals surface area contributed by atoms with E-state index in [4.69, 9.17) is 0 Å². The molecule has 0 spiro atoms. The lowest BCUT2D eigenvalue weighted by Gasteiger charge is -2.17. The second-order valence-corrected chi connectivity index (χ2v) is 5.94. The highest BCUT2D eigenvalue weighted by Crippen LogP contribution is 2.26. The average Bonchev–Trinajstić information content (AvgIpc) is 2.38. The lowest BCUT2D eigenvalue weighted by Crippen LogP contribution is -2.06. The van der Waals surface area contributed by atoms with Gasteiger partial charge in [-0.05, 0) is 68.0 Å². The Kier molecular flexibility index (Phi) is 4.29. The summed E-state index contributed by atoms with van der Waals surface area (Å²) in [5.41, 5.74) is 8.47. The monoisotopic (exact) mass is 268 g/mol. The molecule has 20 heavy (non-hydrogen) atoms. The SMILES string of the molecule is Cc1ccc(C)c(CC(O)c2cc(C)c(C)cc2C)c1. The highest BCUT2D eigenvalue weighted by molar-refractivity contribution is 5.39. The van der Waals surface area contributed by atoms with Gasteiger partial charge in [0.05, 0.1) is 6.10 Å². The standard InChI is InChI=1S/C19H24O/c1-12-6-7-13(2)17(8-12)11-19(20)18-10-15(4)14(3)9-16(18)5/h6-10,19-20H,11H2,1-5H3. The fourth-order valence-corrected chi connectivity index (χ4v) is 2.68. The molecule has 1 N–H and O–H groups in total. The zero-order chi connectivity index (χ0) is 14.9. The van der Waals surface area contributed by atoms with Gasteiger partial charge in [0.2, 0.25) is 0 Å². The van der Waals surface area contributed by atoms with Crippen LogP contribution in [0.4, 0.5) is 0 Å². The van der Waals surface area contributed by atoms with Crippen LogP contribution in [0.25, 0.3) is 0 Å². The van der Waals surface area contributed by atoms with Crippen molar-refractivity contribution in [2.45, 2.75) is 47.1 Å². The van der Waals surface area contributed by atoms with Crippen molar-refractivity contribution >= 4 is 0 Å². The van der Waals surface area contributed by atoms with Crippen LogP contribution in [0.3, 0.4) is 0 Å². The Morgan fingerprint density at radius 2 is 1.45 bits per heavy atom. The van der Waals surface area contributed by atoms with Crippen LogP contribution >= 0.6 is 0 Å². The second-order valence-electron chi connectivity index (χ2n) is 5.94. The lowest BCUT2D eigenvalue weighted by molar-refractivity contribution is 0.177. The topological polar surface area (TPSA) is 20.2 Å². The van der Waals surface area contributed by atoms with Gasteiger partial charge in [-0.3, -0.25) is 0 Å². The molecule has 1 unspecified atom stereocenters. The summed E-state index contributed by atoms with van der Waals surface area (Å²) in [6.07, 6.45) is 0.242. The van der Waals surface area contributed by atoms with Crippen molar-refractivity contribution in [1.82, 2.24) is 0 Å². The van der Waals surface area contributed by atoms with Crippen LogP contribution in [0.5, 0.6) is 0 Å². The van der Waals surface area contributed by atoms with Gasteiger partial charge in [0, 0.05) is 6.42 Å². The Hall–Kier alpha value is -1.60. The summed E-state index contributed by atoms with van der Waals surface area (Å²) in [6, 6.07) is 10.7. The molecule has 1 heteroatoms. The third kappa shape index (κ3) is 3.10. The first-order chi connectivity index (χ1) is 9.38. The van der Waals surface area contributed by atoms with Crippen molar-refractivity contribution in [2.24, 2.45) is 0 Å². The maximum Gasteiger partial charge on any atom is 0.0833 e. The van der Waals surface area contributed by atoms with Gasteiger partial charge in [0.1, 0.15) is 0 Å². The maximum absolute atomic E-state index is 10.6. The zero-order valence-electron chi connectivity index (χ0n) is 13.1. The molecule has 0 aliphatic rings. The Bertz CT molecular complexity index is 626. The summed E-state index contributed by atoms with van der Waals surface area (Å²) in [4.78, 5) is 0. The van der Waals surface area contributed by atoms with E-state index in [9.17, 15) is 5.11 Å². The van der Waals surface area contributed by atoms with Crippen molar-refractivity contribution in [3.63, 3.8) is 0 Å². The first-order valence-corrected chi connectivity index (χ1v) is 7.20. The van der Waals surface area contributed by atoms with E-state index in [0.717, 1.165) is 5.56 Å². The van der Waals surface area contributed by atoms with E-state index >= 15 is 0 Å². The minimum Gasteiger partial charge on any atom is -0.388 e. The predicted octanol–water partition coefficient (Wildman–Crippen LogP) is 4.50. The van der Waals surface area contributed by atoms with Crippen molar-refractivity contribution in [3.8, 4) is 0 Å². The number of rotatable bonds is 3. The number of hydrogen-bond donors (Lipinski definition) is 1. The zero-order valence-corrected chi connectivity index (χ0v) is 13.1. The van der Waals surface area contributed by atoms with Crippen molar-refractivity contribution in [3.05, 3.63) is 69.3 Å². The molecule has 0 fully saturated rings. The molecule has 106 valence electrons. The van der Waals surface area contributed by atoms with E-state index in [1.807, 2.05) is 0 Å². The molecule has 0 radical (unpaired) electrons. The first-order valence-electron chi connectivity index (χ1n) is 7.20. The Balaban J connectivity index is 2.30. The summed E-state index contributed by atoms with van der Waals surface area (Å²) in [7, 11) is 0. The van der Waals surface area contributed by atoms with Gasteiger partial charge in [0.25, 0.3) is 0 Å². The van der Waals surface area contributed by atoms with E-state index in [1.165, 1.54) is 33.4 Å². The van der Waals surface area contributed by atoms with Crippen LogP contribution in [-0.4, -0.2) is 5.11 Å². The van der Waals surface area contributed by atoms with Gasteiger partial charge in [-0.25, -0.2) is 0 Å². The lowest BCUT2D eigenvalue weighted by atomic mass is 9.92. The van der Waals surface area contributed by atoms with Gasteiger partial charge < -0.3 is 5.11 Å². The molecule has 1 nitrogen and oxygen atoms in total. The fourth-order valence-electron chi connectivity index (χ4n) is 2.68. The fraction of sp³-hybridized carbons (Fsp3) is 0.368. The number of hydrogen-bond acceptors (Lipinski definition) is 1. The van der Waals surface area contributed by atoms with Crippen molar-refractivity contribution in [1.29, 1.82) is 0 Å². The molecule has 0 saturated heterocycles. The second kappa shape index (κ2) is 5.80. The van der Waals surface area contributed by atoms with Gasteiger partial charge in [0.15, 0.2) is 0 Å². The largest absolute Gasteiger partial charge is 0.388 e. The number of benzene rings is 2. The molecule has 1 atom stereocenters. The van der Waals surface area contributed by atoms with Crippen molar-refractivity contribution < 1.29 is 5.11 Å². The van der Waals surface area contributed by atoms with E-state index in [1.54, 1.807) is 0 Å². The average molecular weight is 268 g/mol. The Morgan fingerprint density at radius 3 is 2.15 bits per heavy atom. The van der Waals surface area contributed by atoms with Crippen LogP contribution in [0.15, 0.2) is 30.3 Å². The summed E-state index contributed by atoms with van der Waals surface area (Å²) in [5, 5.41) is 10.6. The van der Waals surface area contributed by atoms with Crippen LogP contribution in [0.1, 0.15) is 45.0 Å². The molecular weight excluding hydrogens is 244 g/mol. The van der Waals surface area contributed by atoms with E-state index in [2.05, 4.69) is 65.0 Å². The summed E-state index contributed by atoms with van der Waals surface area (Å²) in [6.45, 7) is 10.5. The number of aliphatic hydroxyl groups is 1. The summed E-state index contributed by atoms with van der Waals surface area (Å²) < 4.78 is 0. The minimum absolute atomic E-state index is 0.435. The van der Waals surface area contributed by atoms with Crippen LogP contribution in [-0.2, 0) is 6.42 Å². The molecule has 0 aromatic heterocycles. The summed E-state index contributed by atoms with van der Waals surface area (Å²) in [5.74, 6) is 0.